The minimum Gasteiger partial charge on any atom is -0.393 e. The molecular formula is C20H31N3O5S. The highest BCUT2D eigenvalue weighted by Gasteiger charge is 2.30. The molecule has 1 aromatic rings. The van der Waals surface area contributed by atoms with Crippen LogP contribution in [0.3, 0.4) is 0 Å². The third-order valence-electron chi connectivity index (χ3n) is 6.27. The van der Waals surface area contributed by atoms with Crippen molar-refractivity contribution in [2.45, 2.75) is 69.4 Å². The maximum absolute atomic E-state index is 12.8. The fourth-order valence-electron chi connectivity index (χ4n) is 4.37. The molecule has 1 saturated heterocycles. The summed E-state index contributed by atoms with van der Waals surface area (Å²) in [7, 11) is -3.82. The Morgan fingerprint density at radius 1 is 1.24 bits per heavy atom. The lowest BCUT2D eigenvalue weighted by molar-refractivity contribution is -0.384. The molecule has 0 radical (unpaired) electrons. The van der Waals surface area contributed by atoms with Crippen LogP contribution in [0, 0.1) is 22.0 Å². The van der Waals surface area contributed by atoms with Crippen molar-refractivity contribution in [2.75, 3.05) is 18.0 Å². The van der Waals surface area contributed by atoms with Crippen molar-refractivity contribution in [2.24, 2.45) is 11.8 Å². The summed E-state index contributed by atoms with van der Waals surface area (Å²) in [5.74, 6) is 0.647. The van der Waals surface area contributed by atoms with Gasteiger partial charge in [-0.25, -0.2) is 13.1 Å². The summed E-state index contributed by atoms with van der Waals surface area (Å²) >= 11 is 0. The number of hydrogen-bond acceptors (Lipinski definition) is 6. The van der Waals surface area contributed by atoms with Gasteiger partial charge in [-0.05, 0) is 63.5 Å². The van der Waals surface area contributed by atoms with Gasteiger partial charge in [-0.15, -0.1) is 0 Å². The van der Waals surface area contributed by atoms with E-state index in [2.05, 4.69) is 11.6 Å². The summed E-state index contributed by atoms with van der Waals surface area (Å²) in [6.45, 7) is 5.06. The fourth-order valence-corrected chi connectivity index (χ4v) is 5.70. The van der Waals surface area contributed by atoms with Crippen LogP contribution >= 0.6 is 0 Å². The lowest BCUT2D eigenvalue weighted by Crippen LogP contribution is -2.40. The summed E-state index contributed by atoms with van der Waals surface area (Å²) in [5, 5.41) is 21.6. The van der Waals surface area contributed by atoms with Crippen LogP contribution < -0.4 is 9.62 Å². The predicted octanol–water partition coefficient (Wildman–Crippen LogP) is 3.05. The number of aliphatic hydroxyl groups is 1. The Labute approximate surface area is 172 Å². The molecule has 0 aromatic heterocycles. The molecule has 3 rings (SSSR count). The third kappa shape index (κ3) is 5.26. The van der Waals surface area contributed by atoms with E-state index < -0.39 is 21.1 Å². The first kappa shape index (κ1) is 22.0. The number of benzene rings is 1. The van der Waals surface area contributed by atoms with Gasteiger partial charge < -0.3 is 10.0 Å². The number of nitro benzene ring substituents is 1. The molecule has 2 unspecified atom stereocenters. The number of hydrogen-bond donors (Lipinski definition) is 2. The van der Waals surface area contributed by atoms with Crippen molar-refractivity contribution in [3.8, 4) is 0 Å². The Morgan fingerprint density at radius 2 is 1.93 bits per heavy atom. The molecular weight excluding hydrogens is 394 g/mol. The van der Waals surface area contributed by atoms with Crippen LogP contribution in [0.25, 0.3) is 0 Å². The zero-order valence-electron chi connectivity index (χ0n) is 17.1. The average Bonchev–Trinajstić information content (AvgIpc) is 2.69. The van der Waals surface area contributed by atoms with Gasteiger partial charge in [0.2, 0.25) is 10.0 Å². The zero-order valence-corrected chi connectivity index (χ0v) is 17.9. The van der Waals surface area contributed by atoms with Crippen LogP contribution in [0.1, 0.15) is 52.4 Å². The average molecular weight is 426 g/mol. The Morgan fingerprint density at radius 3 is 2.55 bits per heavy atom. The Bertz CT molecular complexity index is 835. The standard InChI is InChI=1S/C20H31N3O5S/c1-14-5-7-17(8-6-14)21-29(27,28)18-9-10-19(20(12-18)23(25)26)22-11-3-4-16(13-22)15(2)24/h9-10,12,14-17,21,24H,3-8,11,13H2,1-2H3. The van der Waals surface area contributed by atoms with Crippen LogP contribution in [0.5, 0.6) is 0 Å². The van der Waals surface area contributed by atoms with Gasteiger partial charge in [-0.1, -0.05) is 6.92 Å². The molecule has 1 aliphatic carbocycles. The van der Waals surface area contributed by atoms with E-state index in [0.717, 1.165) is 44.6 Å². The van der Waals surface area contributed by atoms with Gasteiger partial charge >= 0.3 is 0 Å². The molecule has 0 amide bonds. The van der Waals surface area contributed by atoms with Gasteiger partial charge in [0, 0.05) is 31.1 Å². The number of nitrogens with zero attached hydrogens (tertiary/aromatic N) is 2. The van der Waals surface area contributed by atoms with Crippen LogP contribution in [-0.2, 0) is 10.0 Å². The maximum Gasteiger partial charge on any atom is 0.293 e. The molecule has 1 saturated carbocycles. The molecule has 0 bridgehead atoms. The van der Waals surface area contributed by atoms with Crippen molar-refractivity contribution in [1.29, 1.82) is 0 Å². The van der Waals surface area contributed by atoms with Gasteiger partial charge in [0.15, 0.2) is 0 Å². The second-order valence-corrected chi connectivity index (χ2v) is 10.3. The Balaban J connectivity index is 1.83. The first-order chi connectivity index (χ1) is 13.7. The highest BCUT2D eigenvalue weighted by atomic mass is 32.2. The van der Waals surface area contributed by atoms with Crippen LogP contribution in [0.4, 0.5) is 11.4 Å². The summed E-state index contributed by atoms with van der Waals surface area (Å²) in [6.07, 6.45) is 4.74. The van der Waals surface area contributed by atoms with Crippen LogP contribution in [0.2, 0.25) is 0 Å². The summed E-state index contributed by atoms with van der Waals surface area (Å²) in [6, 6.07) is 4.01. The smallest absolute Gasteiger partial charge is 0.293 e. The molecule has 162 valence electrons. The predicted molar refractivity (Wildman–Crippen MR) is 111 cm³/mol. The molecule has 8 nitrogen and oxygen atoms in total. The molecule has 9 heteroatoms. The van der Waals surface area contributed by atoms with Gasteiger partial charge in [-0.3, -0.25) is 10.1 Å². The fraction of sp³-hybridized carbons (Fsp3) is 0.700. The van der Waals surface area contributed by atoms with E-state index in [1.807, 2.05) is 4.90 Å². The van der Waals surface area contributed by atoms with E-state index in [0.29, 0.717) is 24.7 Å². The summed E-state index contributed by atoms with van der Waals surface area (Å²) in [4.78, 5) is 13.0. The highest BCUT2D eigenvalue weighted by molar-refractivity contribution is 7.89. The molecule has 0 spiro atoms. The largest absolute Gasteiger partial charge is 0.393 e. The van der Waals surface area contributed by atoms with E-state index >= 15 is 0 Å². The zero-order chi connectivity index (χ0) is 21.2. The number of nitro groups is 1. The van der Waals surface area contributed by atoms with Gasteiger partial charge in [-0.2, -0.15) is 0 Å². The maximum atomic E-state index is 12.8. The van der Waals surface area contributed by atoms with Crippen molar-refractivity contribution in [3.63, 3.8) is 0 Å². The second-order valence-electron chi connectivity index (χ2n) is 8.57. The Hall–Kier alpha value is -1.71. The summed E-state index contributed by atoms with van der Waals surface area (Å²) in [5.41, 5.74) is 0.196. The van der Waals surface area contributed by atoms with Gasteiger partial charge in [0.1, 0.15) is 5.69 Å². The number of nitrogens with one attached hydrogen (secondary N) is 1. The van der Waals surface area contributed by atoms with Gasteiger partial charge in [0.25, 0.3) is 5.69 Å². The first-order valence-electron chi connectivity index (χ1n) is 10.4. The van der Waals surface area contributed by atoms with Crippen molar-refractivity contribution < 1.29 is 18.4 Å². The number of aliphatic hydroxyl groups excluding tert-OH is 1. The molecule has 29 heavy (non-hydrogen) atoms. The molecule has 2 aliphatic rings. The van der Waals surface area contributed by atoms with E-state index in [9.17, 15) is 23.6 Å². The molecule has 2 atom stereocenters. The molecule has 1 aliphatic heterocycles. The van der Waals surface area contributed by atoms with E-state index in [4.69, 9.17) is 0 Å². The molecule has 1 aromatic carbocycles. The molecule has 1 heterocycles. The van der Waals surface area contributed by atoms with Crippen molar-refractivity contribution >= 4 is 21.4 Å². The number of anilines is 1. The molecule has 2 fully saturated rings. The second kappa shape index (κ2) is 8.97. The Kier molecular flexibility index (Phi) is 6.80. The van der Waals surface area contributed by atoms with E-state index in [1.54, 1.807) is 6.92 Å². The number of rotatable bonds is 6. The van der Waals surface area contributed by atoms with Crippen LogP contribution in [-0.4, -0.2) is 43.7 Å². The summed E-state index contributed by atoms with van der Waals surface area (Å²) < 4.78 is 28.3. The minimum atomic E-state index is -3.82. The van der Waals surface area contributed by atoms with E-state index in [1.165, 1.54) is 12.1 Å². The van der Waals surface area contributed by atoms with Gasteiger partial charge in [0.05, 0.1) is 15.9 Å². The number of piperidine rings is 1. The van der Waals surface area contributed by atoms with E-state index in [-0.39, 0.29) is 22.5 Å². The lowest BCUT2D eigenvalue weighted by Gasteiger charge is -2.35. The van der Waals surface area contributed by atoms with Crippen molar-refractivity contribution in [1.82, 2.24) is 4.72 Å². The normalized spacial score (nSPS) is 26.9. The monoisotopic (exact) mass is 425 g/mol. The first-order valence-corrected chi connectivity index (χ1v) is 11.9. The van der Waals surface area contributed by atoms with Crippen LogP contribution in [0.15, 0.2) is 23.1 Å². The number of sulfonamides is 1. The lowest BCUT2D eigenvalue weighted by atomic mass is 9.88. The quantitative estimate of drug-likeness (QED) is 0.535. The van der Waals surface area contributed by atoms with Crippen molar-refractivity contribution in [3.05, 3.63) is 28.3 Å². The minimum absolute atomic E-state index is 0.0436. The molecule has 2 N–H and O–H groups in total. The SMILES string of the molecule is CC1CCC(NS(=O)(=O)c2ccc(N3CCCC(C(C)O)C3)c([N+](=O)[O-])c2)CC1. The third-order valence-corrected chi connectivity index (χ3v) is 7.79. The highest BCUT2D eigenvalue weighted by Crippen LogP contribution is 2.34. The topological polar surface area (TPSA) is 113 Å².